The average molecular weight is 286 g/mol. The third kappa shape index (κ3) is 2.68. The van der Waals surface area contributed by atoms with Gasteiger partial charge in [-0.1, -0.05) is 18.2 Å². The van der Waals surface area contributed by atoms with Crippen molar-refractivity contribution in [3.8, 4) is 0 Å². The molecule has 2 bridgehead atoms. The first kappa shape index (κ1) is 13.8. The van der Waals surface area contributed by atoms with Crippen LogP contribution in [-0.2, 0) is 16.1 Å². The second kappa shape index (κ2) is 5.68. The smallest absolute Gasteiger partial charge is 0.307 e. The number of fused-ring (bicyclic) bond motifs is 2. The maximum atomic E-state index is 12.4. The number of carboxylic acids is 1. The summed E-state index contributed by atoms with van der Waals surface area (Å²) in [7, 11) is 0. The zero-order valence-electron chi connectivity index (χ0n) is 11.6. The van der Waals surface area contributed by atoms with E-state index in [0.717, 1.165) is 18.4 Å². The summed E-state index contributed by atoms with van der Waals surface area (Å²) in [5.41, 5.74) is 0.911. The summed E-state index contributed by atoms with van der Waals surface area (Å²) in [6.45, 7) is 0.386. The lowest BCUT2D eigenvalue weighted by Gasteiger charge is -2.41. The van der Waals surface area contributed by atoms with Crippen molar-refractivity contribution in [3.05, 3.63) is 42.2 Å². The van der Waals surface area contributed by atoms with Gasteiger partial charge in [-0.05, 0) is 36.3 Å². The first-order chi connectivity index (χ1) is 10.2. The first-order valence-electron chi connectivity index (χ1n) is 7.24. The van der Waals surface area contributed by atoms with E-state index in [9.17, 15) is 14.7 Å². The number of hydrogen-bond acceptors (Lipinski definition) is 3. The number of allylic oxidation sites excluding steroid dienone is 2. The van der Waals surface area contributed by atoms with Gasteiger partial charge >= 0.3 is 5.97 Å². The molecule has 0 aromatic carbocycles. The van der Waals surface area contributed by atoms with Crippen molar-refractivity contribution >= 4 is 11.9 Å². The molecular formula is C16H18N2O3. The molecule has 1 fully saturated rings. The van der Waals surface area contributed by atoms with Gasteiger partial charge in [0.25, 0.3) is 0 Å². The van der Waals surface area contributed by atoms with Gasteiger partial charge in [0.05, 0.1) is 11.8 Å². The summed E-state index contributed by atoms with van der Waals surface area (Å²) in [6, 6.07) is 3.70. The monoisotopic (exact) mass is 286 g/mol. The predicted molar refractivity (Wildman–Crippen MR) is 76.1 cm³/mol. The maximum Gasteiger partial charge on any atom is 0.307 e. The number of carbonyl (C=O) groups excluding carboxylic acids is 1. The van der Waals surface area contributed by atoms with E-state index in [1.807, 2.05) is 24.3 Å². The Balaban J connectivity index is 1.71. The van der Waals surface area contributed by atoms with E-state index >= 15 is 0 Å². The number of hydrogen-bond donors (Lipinski definition) is 2. The number of aromatic nitrogens is 1. The van der Waals surface area contributed by atoms with Gasteiger partial charge in [-0.25, -0.2) is 0 Å². The molecule has 3 aliphatic carbocycles. The van der Waals surface area contributed by atoms with Crippen molar-refractivity contribution in [2.45, 2.75) is 19.4 Å². The van der Waals surface area contributed by atoms with Crippen LogP contribution >= 0.6 is 0 Å². The first-order valence-corrected chi connectivity index (χ1v) is 7.24. The van der Waals surface area contributed by atoms with Crippen molar-refractivity contribution < 1.29 is 14.7 Å². The number of carbonyl (C=O) groups is 2. The molecule has 1 heterocycles. The van der Waals surface area contributed by atoms with Gasteiger partial charge in [0, 0.05) is 18.9 Å². The Kier molecular flexibility index (Phi) is 3.73. The highest BCUT2D eigenvalue weighted by molar-refractivity contribution is 5.86. The average Bonchev–Trinajstić information content (AvgIpc) is 2.53. The minimum Gasteiger partial charge on any atom is -0.481 e. The molecule has 0 unspecified atom stereocenters. The van der Waals surface area contributed by atoms with Crippen LogP contribution in [-0.4, -0.2) is 22.0 Å². The Morgan fingerprint density at radius 2 is 1.95 bits per heavy atom. The molecule has 21 heavy (non-hydrogen) atoms. The van der Waals surface area contributed by atoms with Crippen LogP contribution in [0.2, 0.25) is 0 Å². The molecule has 1 amide bonds. The van der Waals surface area contributed by atoms with E-state index in [-0.39, 0.29) is 17.7 Å². The molecule has 4 rings (SSSR count). The second-order valence-corrected chi connectivity index (χ2v) is 5.76. The van der Waals surface area contributed by atoms with E-state index in [0.29, 0.717) is 6.54 Å². The summed E-state index contributed by atoms with van der Waals surface area (Å²) in [5, 5.41) is 12.3. The highest BCUT2D eigenvalue weighted by Crippen LogP contribution is 2.45. The van der Waals surface area contributed by atoms with E-state index in [1.165, 1.54) is 0 Å². The lowest BCUT2D eigenvalue weighted by molar-refractivity contribution is -0.153. The van der Waals surface area contributed by atoms with Crippen LogP contribution < -0.4 is 5.32 Å². The van der Waals surface area contributed by atoms with Crippen molar-refractivity contribution in [2.75, 3.05) is 0 Å². The van der Waals surface area contributed by atoms with Crippen LogP contribution in [0.1, 0.15) is 18.4 Å². The SMILES string of the molecule is O=C(O)[C@@H]1[C@@H](C(=O)NCc2cccnc2)[C@H]2C=C[C@@H]1CC2. The zero-order chi connectivity index (χ0) is 14.8. The van der Waals surface area contributed by atoms with Crippen molar-refractivity contribution in [2.24, 2.45) is 23.7 Å². The lowest BCUT2D eigenvalue weighted by Crippen LogP contribution is -2.48. The lowest BCUT2D eigenvalue weighted by atomic mass is 9.62. The fourth-order valence-electron chi connectivity index (χ4n) is 3.50. The maximum absolute atomic E-state index is 12.4. The topological polar surface area (TPSA) is 79.3 Å². The second-order valence-electron chi connectivity index (χ2n) is 5.76. The molecule has 110 valence electrons. The fourth-order valence-corrected chi connectivity index (χ4v) is 3.50. The van der Waals surface area contributed by atoms with E-state index in [2.05, 4.69) is 10.3 Å². The largest absolute Gasteiger partial charge is 0.481 e. The number of carboxylic acid groups (broad SMARTS) is 1. The summed E-state index contributed by atoms with van der Waals surface area (Å²) in [6.07, 6.45) is 9.12. The Hall–Kier alpha value is -2.17. The highest BCUT2D eigenvalue weighted by atomic mass is 16.4. The van der Waals surface area contributed by atoms with Crippen LogP contribution in [0.5, 0.6) is 0 Å². The number of amides is 1. The highest BCUT2D eigenvalue weighted by Gasteiger charge is 2.47. The van der Waals surface area contributed by atoms with E-state index in [4.69, 9.17) is 0 Å². The van der Waals surface area contributed by atoms with Gasteiger partial charge in [0.1, 0.15) is 0 Å². The number of aliphatic carboxylic acids is 1. The standard InChI is InChI=1S/C16H18N2O3/c19-15(18-9-10-2-1-7-17-8-10)13-11-3-5-12(6-4-11)14(13)16(20)21/h1-3,5,7-8,11-14H,4,6,9H2,(H,18,19)(H,20,21)/t11-,12+,13-,14-/m0/s1. The summed E-state index contributed by atoms with van der Waals surface area (Å²) in [5.74, 6) is -2.04. The van der Waals surface area contributed by atoms with Gasteiger partial charge in [-0.3, -0.25) is 14.6 Å². The van der Waals surface area contributed by atoms with Gasteiger partial charge < -0.3 is 10.4 Å². The number of pyridine rings is 1. The van der Waals surface area contributed by atoms with Crippen molar-refractivity contribution in [1.29, 1.82) is 0 Å². The molecule has 2 N–H and O–H groups in total. The number of nitrogens with one attached hydrogen (secondary N) is 1. The third-order valence-electron chi connectivity index (χ3n) is 4.53. The quantitative estimate of drug-likeness (QED) is 0.824. The van der Waals surface area contributed by atoms with Gasteiger partial charge in [0.15, 0.2) is 0 Å². The van der Waals surface area contributed by atoms with Crippen molar-refractivity contribution in [1.82, 2.24) is 10.3 Å². The van der Waals surface area contributed by atoms with Crippen LogP contribution in [0.15, 0.2) is 36.7 Å². The van der Waals surface area contributed by atoms with Crippen LogP contribution in [0.4, 0.5) is 0 Å². The van der Waals surface area contributed by atoms with Gasteiger partial charge in [-0.2, -0.15) is 0 Å². The molecule has 0 aliphatic heterocycles. The van der Waals surface area contributed by atoms with Crippen LogP contribution in [0.25, 0.3) is 0 Å². The summed E-state index contributed by atoms with van der Waals surface area (Å²) < 4.78 is 0. The molecular weight excluding hydrogens is 268 g/mol. The Labute approximate surface area is 123 Å². The van der Waals surface area contributed by atoms with Crippen LogP contribution in [0, 0.1) is 23.7 Å². The summed E-state index contributed by atoms with van der Waals surface area (Å²) >= 11 is 0. The normalized spacial score (nSPS) is 30.1. The Bertz CT molecular complexity index is 570. The molecule has 0 radical (unpaired) electrons. The minimum atomic E-state index is -0.865. The number of nitrogens with zero attached hydrogens (tertiary/aromatic N) is 1. The summed E-state index contributed by atoms with van der Waals surface area (Å²) in [4.78, 5) is 28.0. The molecule has 0 spiro atoms. The fraction of sp³-hybridized carbons (Fsp3) is 0.438. The van der Waals surface area contributed by atoms with E-state index in [1.54, 1.807) is 12.4 Å². The molecule has 1 saturated carbocycles. The van der Waals surface area contributed by atoms with Crippen molar-refractivity contribution in [3.63, 3.8) is 0 Å². The molecule has 1 aromatic heterocycles. The molecule has 0 saturated heterocycles. The van der Waals surface area contributed by atoms with Crippen LogP contribution in [0.3, 0.4) is 0 Å². The zero-order valence-corrected chi connectivity index (χ0v) is 11.6. The molecule has 5 heteroatoms. The van der Waals surface area contributed by atoms with Gasteiger partial charge in [0.2, 0.25) is 5.91 Å². The molecule has 4 atom stereocenters. The number of rotatable bonds is 4. The molecule has 1 aromatic rings. The molecule has 3 aliphatic rings. The molecule has 5 nitrogen and oxygen atoms in total. The van der Waals surface area contributed by atoms with E-state index < -0.39 is 17.8 Å². The Morgan fingerprint density at radius 3 is 2.52 bits per heavy atom. The predicted octanol–water partition coefficient (Wildman–Crippen LogP) is 1.61. The Morgan fingerprint density at radius 1 is 1.24 bits per heavy atom. The minimum absolute atomic E-state index is 0.0124. The van der Waals surface area contributed by atoms with Gasteiger partial charge in [-0.15, -0.1) is 0 Å². The third-order valence-corrected chi connectivity index (χ3v) is 4.53.